The minimum absolute atomic E-state index is 0.126. The van der Waals surface area contributed by atoms with E-state index in [1.165, 1.54) is 35.1 Å². The molecule has 3 heteroatoms. The van der Waals surface area contributed by atoms with E-state index in [4.69, 9.17) is 5.73 Å². The first kappa shape index (κ1) is 23.9. The standard InChI is InChI=1S/C17H27NO.C8H11N/c1-4-6-7-8-14(3)17(19)18-13-16-11-9-15(5-2)10-12-16;1-7-2-4-8(6-9)5-3-7/h9-12,14H,4-8,13H2,1-3H3,(H,18,19);2-5H,6,9H2,1H3. The number of carbonyl (C=O) groups excluding carboxylic acids is 1. The Kier molecular flexibility index (Phi) is 11.9. The van der Waals surface area contributed by atoms with Crippen molar-refractivity contribution < 1.29 is 4.79 Å². The minimum Gasteiger partial charge on any atom is -0.352 e. The van der Waals surface area contributed by atoms with E-state index in [1.807, 2.05) is 6.92 Å². The number of carbonyl (C=O) groups is 1. The number of amides is 1. The topological polar surface area (TPSA) is 55.1 Å². The summed E-state index contributed by atoms with van der Waals surface area (Å²) in [7, 11) is 0. The average Bonchev–Trinajstić information content (AvgIpc) is 2.73. The van der Waals surface area contributed by atoms with Gasteiger partial charge in [-0.05, 0) is 36.5 Å². The van der Waals surface area contributed by atoms with Crippen LogP contribution in [-0.4, -0.2) is 5.91 Å². The van der Waals surface area contributed by atoms with Crippen LogP contribution in [0.3, 0.4) is 0 Å². The van der Waals surface area contributed by atoms with Crippen LogP contribution in [0.1, 0.15) is 68.7 Å². The van der Waals surface area contributed by atoms with Crippen molar-refractivity contribution in [1.29, 1.82) is 0 Å². The molecule has 1 unspecified atom stereocenters. The highest BCUT2D eigenvalue weighted by molar-refractivity contribution is 5.78. The number of aryl methyl sites for hydroxylation is 2. The molecule has 0 spiro atoms. The van der Waals surface area contributed by atoms with Crippen molar-refractivity contribution in [2.24, 2.45) is 11.7 Å². The molecule has 0 aromatic heterocycles. The third kappa shape index (κ3) is 9.70. The first-order valence-corrected chi connectivity index (χ1v) is 10.6. The Bertz CT molecular complexity index is 662. The molecule has 0 aliphatic heterocycles. The van der Waals surface area contributed by atoms with Crippen LogP contribution in [0, 0.1) is 12.8 Å². The van der Waals surface area contributed by atoms with E-state index in [9.17, 15) is 4.79 Å². The smallest absolute Gasteiger partial charge is 0.223 e. The maximum Gasteiger partial charge on any atom is 0.223 e. The van der Waals surface area contributed by atoms with Gasteiger partial charge in [0.2, 0.25) is 5.91 Å². The molecule has 0 aliphatic rings. The molecule has 2 aromatic carbocycles. The molecular weight excluding hydrogens is 344 g/mol. The highest BCUT2D eigenvalue weighted by Gasteiger charge is 2.11. The number of nitrogens with two attached hydrogens (primary N) is 1. The maximum atomic E-state index is 11.9. The van der Waals surface area contributed by atoms with Gasteiger partial charge in [0.05, 0.1) is 0 Å². The fourth-order valence-electron chi connectivity index (χ4n) is 2.81. The second kappa shape index (κ2) is 14.0. The Morgan fingerprint density at radius 3 is 2.04 bits per heavy atom. The van der Waals surface area contributed by atoms with Gasteiger partial charge in [0, 0.05) is 19.0 Å². The van der Waals surface area contributed by atoms with Crippen molar-refractivity contribution in [2.75, 3.05) is 0 Å². The molecule has 0 saturated carbocycles. The quantitative estimate of drug-likeness (QED) is 0.560. The summed E-state index contributed by atoms with van der Waals surface area (Å²) in [4.78, 5) is 11.9. The zero-order valence-corrected chi connectivity index (χ0v) is 18.1. The molecule has 2 aromatic rings. The Balaban J connectivity index is 0.000000362. The monoisotopic (exact) mass is 382 g/mol. The van der Waals surface area contributed by atoms with Crippen LogP contribution in [0.5, 0.6) is 0 Å². The summed E-state index contributed by atoms with van der Waals surface area (Å²) in [6.45, 7) is 9.70. The predicted molar refractivity (Wildman–Crippen MR) is 120 cm³/mol. The fraction of sp³-hybridized carbons (Fsp3) is 0.480. The Labute approximate surface area is 171 Å². The molecule has 0 aliphatic carbocycles. The lowest BCUT2D eigenvalue weighted by Crippen LogP contribution is -2.28. The van der Waals surface area contributed by atoms with Crippen LogP contribution in [0.15, 0.2) is 48.5 Å². The lowest BCUT2D eigenvalue weighted by molar-refractivity contribution is -0.124. The molecule has 1 amide bonds. The van der Waals surface area contributed by atoms with Crippen LogP contribution < -0.4 is 11.1 Å². The van der Waals surface area contributed by atoms with Crippen molar-refractivity contribution in [3.8, 4) is 0 Å². The molecule has 28 heavy (non-hydrogen) atoms. The van der Waals surface area contributed by atoms with Gasteiger partial charge in [-0.2, -0.15) is 0 Å². The third-order valence-electron chi connectivity index (χ3n) is 4.94. The van der Waals surface area contributed by atoms with Crippen LogP contribution in [0.25, 0.3) is 0 Å². The zero-order valence-electron chi connectivity index (χ0n) is 18.1. The Morgan fingerprint density at radius 1 is 0.929 bits per heavy atom. The molecule has 3 N–H and O–H groups in total. The van der Waals surface area contributed by atoms with Crippen molar-refractivity contribution in [3.05, 3.63) is 70.8 Å². The van der Waals surface area contributed by atoms with Gasteiger partial charge in [0.15, 0.2) is 0 Å². The van der Waals surface area contributed by atoms with E-state index in [0.717, 1.165) is 19.3 Å². The molecule has 0 bridgehead atoms. The van der Waals surface area contributed by atoms with Gasteiger partial charge in [0.25, 0.3) is 0 Å². The van der Waals surface area contributed by atoms with Gasteiger partial charge in [-0.1, -0.05) is 94.1 Å². The Hall–Kier alpha value is -2.13. The van der Waals surface area contributed by atoms with E-state index in [-0.39, 0.29) is 11.8 Å². The highest BCUT2D eigenvalue weighted by Crippen LogP contribution is 2.10. The fourth-order valence-corrected chi connectivity index (χ4v) is 2.81. The lowest BCUT2D eigenvalue weighted by Gasteiger charge is -2.12. The zero-order chi connectivity index (χ0) is 20.8. The second-order valence-corrected chi connectivity index (χ2v) is 7.47. The summed E-state index contributed by atoms with van der Waals surface area (Å²) < 4.78 is 0. The summed E-state index contributed by atoms with van der Waals surface area (Å²) in [6, 6.07) is 16.7. The van der Waals surface area contributed by atoms with Gasteiger partial charge in [-0.3, -0.25) is 4.79 Å². The number of unbranched alkanes of at least 4 members (excludes halogenated alkanes) is 2. The van der Waals surface area contributed by atoms with E-state index >= 15 is 0 Å². The molecule has 1 atom stereocenters. The van der Waals surface area contributed by atoms with Crippen molar-refractivity contribution >= 4 is 5.91 Å². The molecule has 0 fully saturated rings. The molecular formula is C25H38N2O. The van der Waals surface area contributed by atoms with Gasteiger partial charge < -0.3 is 11.1 Å². The van der Waals surface area contributed by atoms with E-state index in [1.54, 1.807) is 0 Å². The molecule has 0 saturated heterocycles. The number of benzene rings is 2. The SMILES string of the molecule is CCCCCC(C)C(=O)NCc1ccc(CC)cc1.Cc1ccc(CN)cc1. The van der Waals surface area contributed by atoms with Crippen molar-refractivity contribution in [3.63, 3.8) is 0 Å². The lowest BCUT2D eigenvalue weighted by atomic mass is 10.0. The predicted octanol–water partition coefficient (Wildman–Crippen LogP) is 5.54. The molecule has 0 heterocycles. The van der Waals surface area contributed by atoms with Gasteiger partial charge >= 0.3 is 0 Å². The number of hydrogen-bond donors (Lipinski definition) is 2. The minimum atomic E-state index is 0.126. The molecule has 0 radical (unpaired) electrons. The third-order valence-corrected chi connectivity index (χ3v) is 4.94. The summed E-state index contributed by atoms with van der Waals surface area (Å²) in [5.74, 6) is 0.303. The summed E-state index contributed by atoms with van der Waals surface area (Å²) in [5.41, 5.74) is 10.4. The number of rotatable bonds is 9. The maximum absolute atomic E-state index is 11.9. The van der Waals surface area contributed by atoms with E-state index in [2.05, 4.69) is 74.6 Å². The molecule has 2 rings (SSSR count). The largest absolute Gasteiger partial charge is 0.352 e. The number of nitrogens with one attached hydrogen (secondary N) is 1. The first-order valence-electron chi connectivity index (χ1n) is 10.6. The van der Waals surface area contributed by atoms with Crippen molar-refractivity contribution in [2.45, 2.75) is 72.9 Å². The summed E-state index contributed by atoms with van der Waals surface area (Å²) in [6.07, 6.45) is 5.63. The van der Waals surface area contributed by atoms with Crippen LogP contribution in [0.2, 0.25) is 0 Å². The van der Waals surface area contributed by atoms with E-state index in [0.29, 0.717) is 13.1 Å². The average molecular weight is 383 g/mol. The highest BCUT2D eigenvalue weighted by atomic mass is 16.1. The van der Waals surface area contributed by atoms with Crippen LogP contribution >= 0.6 is 0 Å². The van der Waals surface area contributed by atoms with Gasteiger partial charge in [0.1, 0.15) is 0 Å². The first-order chi connectivity index (χ1) is 13.5. The summed E-state index contributed by atoms with van der Waals surface area (Å²) >= 11 is 0. The van der Waals surface area contributed by atoms with Gasteiger partial charge in [-0.25, -0.2) is 0 Å². The second-order valence-electron chi connectivity index (χ2n) is 7.47. The van der Waals surface area contributed by atoms with Crippen LogP contribution in [-0.2, 0) is 24.3 Å². The van der Waals surface area contributed by atoms with Gasteiger partial charge in [-0.15, -0.1) is 0 Å². The van der Waals surface area contributed by atoms with Crippen molar-refractivity contribution in [1.82, 2.24) is 5.32 Å². The Morgan fingerprint density at radius 2 is 1.50 bits per heavy atom. The normalized spacial score (nSPS) is 11.3. The molecule has 3 nitrogen and oxygen atoms in total. The number of hydrogen-bond acceptors (Lipinski definition) is 2. The molecule has 154 valence electrons. The van der Waals surface area contributed by atoms with Crippen LogP contribution in [0.4, 0.5) is 0 Å². The summed E-state index contributed by atoms with van der Waals surface area (Å²) in [5, 5.41) is 3.02. The van der Waals surface area contributed by atoms with E-state index < -0.39 is 0 Å².